The molecule has 1 atom stereocenters. The van der Waals surface area contributed by atoms with Gasteiger partial charge < -0.3 is 9.64 Å². The highest BCUT2D eigenvalue weighted by atomic mass is 35.5. The van der Waals surface area contributed by atoms with E-state index in [2.05, 4.69) is 88.9 Å². The van der Waals surface area contributed by atoms with E-state index < -0.39 is 5.41 Å². The predicted octanol–water partition coefficient (Wildman–Crippen LogP) is 8.17. The van der Waals surface area contributed by atoms with Crippen LogP contribution < -0.4 is 4.74 Å². The molecule has 0 heterocycles. The fraction of sp³-hybridized carbons (Fsp3) is 0.424. The molecule has 3 nitrogen and oxygen atoms in total. The van der Waals surface area contributed by atoms with Crippen molar-refractivity contribution in [2.75, 3.05) is 26.2 Å². The number of benzene rings is 3. The molecule has 0 aliphatic carbocycles. The number of ketones is 1. The van der Waals surface area contributed by atoms with Crippen LogP contribution in [0.3, 0.4) is 0 Å². The summed E-state index contributed by atoms with van der Waals surface area (Å²) in [6.07, 6.45) is 0.415. The minimum Gasteiger partial charge on any atom is -0.492 e. The molecule has 0 saturated heterocycles. The summed E-state index contributed by atoms with van der Waals surface area (Å²) in [6.45, 7) is 16.9. The first kappa shape index (κ1) is 30.6. The van der Waals surface area contributed by atoms with Crippen LogP contribution in [0.25, 0.3) is 0 Å². The highest BCUT2D eigenvalue weighted by molar-refractivity contribution is 5.97. The molecule has 0 saturated carbocycles. The molecular weight excluding hydrogens is 478 g/mol. The summed E-state index contributed by atoms with van der Waals surface area (Å²) in [5.74, 6) is 1.63. The van der Waals surface area contributed by atoms with Gasteiger partial charge in [-0.3, -0.25) is 4.79 Å². The molecule has 4 heteroatoms. The topological polar surface area (TPSA) is 29.5 Å². The zero-order valence-corrected chi connectivity index (χ0v) is 24.2. The Hall–Kier alpha value is -2.62. The Morgan fingerprint density at radius 2 is 1.43 bits per heavy atom. The smallest absolute Gasteiger partial charge is 0.164 e. The Morgan fingerprint density at radius 3 is 1.97 bits per heavy atom. The molecule has 3 rings (SSSR count). The molecule has 3 aromatic carbocycles. The molecule has 0 amide bonds. The van der Waals surface area contributed by atoms with Crippen molar-refractivity contribution in [3.05, 3.63) is 101 Å². The van der Waals surface area contributed by atoms with Crippen LogP contribution in [0, 0.1) is 5.92 Å². The minimum absolute atomic E-state index is 0. The average molecular weight is 522 g/mol. The van der Waals surface area contributed by atoms with Crippen LogP contribution in [-0.2, 0) is 5.41 Å². The van der Waals surface area contributed by atoms with Crippen LogP contribution in [0.5, 0.6) is 5.75 Å². The van der Waals surface area contributed by atoms with Crippen molar-refractivity contribution in [1.82, 2.24) is 4.90 Å². The number of halogens is 1. The van der Waals surface area contributed by atoms with Crippen molar-refractivity contribution in [2.24, 2.45) is 5.92 Å². The summed E-state index contributed by atoms with van der Waals surface area (Å²) >= 11 is 0. The molecular formula is C33H44ClNO2. The van der Waals surface area contributed by atoms with E-state index in [9.17, 15) is 4.79 Å². The lowest BCUT2D eigenvalue weighted by molar-refractivity contribution is 0.0944. The third-order valence-electron chi connectivity index (χ3n) is 7.52. The minimum atomic E-state index is -0.447. The molecule has 0 bridgehead atoms. The number of hydrogen-bond donors (Lipinski definition) is 0. The Morgan fingerprint density at radius 1 is 0.838 bits per heavy atom. The number of Topliss-reactive ketones (excluding diaryl/α,β-unsaturated/α-hetero) is 1. The highest BCUT2D eigenvalue weighted by Crippen LogP contribution is 2.45. The summed E-state index contributed by atoms with van der Waals surface area (Å²) in [4.78, 5) is 16.0. The Kier molecular flexibility index (Phi) is 11.9. The summed E-state index contributed by atoms with van der Waals surface area (Å²) < 4.78 is 6.31. The molecule has 200 valence electrons. The van der Waals surface area contributed by atoms with Crippen LogP contribution in [0.4, 0.5) is 0 Å². The third-order valence-corrected chi connectivity index (χ3v) is 7.52. The maximum absolute atomic E-state index is 13.6. The Bertz CT molecular complexity index is 1090. The Labute approximate surface area is 230 Å². The van der Waals surface area contributed by atoms with Gasteiger partial charge in [-0.1, -0.05) is 114 Å². The van der Waals surface area contributed by atoms with Gasteiger partial charge in [0.2, 0.25) is 0 Å². The molecule has 0 fully saturated rings. The molecule has 0 aliphatic heterocycles. The van der Waals surface area contributed by atoms with Gasteiger partial charge in [0.1, 0.15) is 12.4 Å². The normalized spacial score (nSPS) is 12.9. The predicted molar refractivity (Wildman–Crippen MR) is 159 cm³/mol. The number of hydrogen-bond acceptors (Lipinski definition) is 3. The van der Waals surface area contributed by atoms with E-state index in [1.807, 2.05) is 36.4 Å². The summed E-state index contributed by atoms with van der Waals surface area (Å²) in [5.41, 5.74) is 3.86. The summed E-state index contributed by atoms with van der Waals surface area (Å²) in [5, 5.41) is 0. The maximum atomic E-state index is 13.6. The zero-order chi connectivity index (χ0) is 26.1. The van der Waals surface area contributed by atoms with E-state index >= 15 is 0 Å². The lowest BCUT2D eigenvalue weighted by Gasteiger charge is -2.39. The molecule has 0 N–H and O–H groups in total. The first-order chi connectivity index (χ1) is 17.3. The lowest BCUT2D eigenvalue weighted by Crippen LogP contribution is -2.36. The second kappa shape index (κ2) is 14.4. The number of rotatable bonds is 13. The van der Waals surface area contributed by atoms with Crippen molar-refractivity contribution >= 4 is 18.2 Å². The lowest BCUT2D eigenvalue weighted by atomic mass is 9.63. The summed E-state index contributed by atoms with van der Waals surface area (Å²) in [7, 11) is 0. The molecule has 0 aliphatic rings. The van der Waals surface area contributed by atoms with Crippen LogP contribution in [-0.4, -0.2) is 36.9 Å². The van der Waals surface area contributed by atoms with Crippen LogP contribution in [0.1, 0.15) is 80.9 Å². The fourth-order valence-electron chi connectivity index (χ4n) is 5.19. The van der Waals surface area contributed by atoms with Crippen molar-refractivity contribution in [3.63, 3.8) is 0 Å². The summed E-state index contributed by atoms with van der Waals surface area (Å²) in [6, 6.07) is 26.8. The van der Waals surface area contributed by atoms with E-state index in [4.69, 9.17) is 4.74 Å². The number of nitrogens with zero attached hydrogens (tertiary/aromatic N) is 1. The second-order valence-electron chi connectivity index (χ2n) is 10.2. The average Bonchev–Trinajstić information content (AvgIpc) is 2.90. The molecule has 3 aromatic rings. The maximum Gasteiger partial charge on any atom is 0.164 e. The Balaban J connectivity index is 0.00000481. The van der Waals surface area contributed by atoms with Gasteiger partial charge in [-0.2, -0.15) is 0 Å². The molecule has 37 heavy (non-hydrogen) atoms. The van der Waals surface area contributed by atoms with E-state index in [1.54, 1.807) is 0 Å². The standard InChI is InChI=1S/C33H43NO2.ClH/c1-7-34(8-2)21-22-36-32-20-19-29(23-30(32)25(3)4)33(26(5)6,28-17-13-10-14-18-28)24-31(35)27-15-11-9-12-16-27;/h9-20,23,25-26H,7-8,21-22,24H2,1-6H3;1H. The molecule has 1 unspecified atom stereocenters. The van der Waals surface area contributed by atoms with E-state index in [0.717, 1.165) is 30.9 Å². The molecule has 0 spiro atoms. The van der Waals surface area contributed by atoms with Gasteiger partial charge in [-0.15, -0.1) is 12.4 Å². The number of carbonyl (C=O) groups is 1. The first-order valence-electron chi connectivity index (χ1n) is 13.5. The van der Waals surface area contributed by atoms with Gasteiger partial charge in [0.25, 0.3) is 0 Å². The fourth-order valence-corrected chi connectivity index (χ4v) is 5.19. The quantitative estimate of drug-likeness (QED) is 0.212. The largest absolute Gasteiger partial charge is 0.492 e. The monoisotopic (exact) mass is 521 g/mol. The van der Waals surface area contributed by atoms with Gasteiger partial charge in [0, 0.05) is 23.9 Å². The first-order valence-corrected chi connectivity index (χ1v) is 13.5. The third kappa shape index (κ3) is 7.24. The van der Waals surface area contributed by atoms with Crippen LogP contribution >= 0.6 is 12.4 Å². The van der Waals surface area contributed by atoms with Gasteiger partial charge in [-0.05, 0) is 47.7 Å². The van der Waals surface area contributed by atoms with E-state index in [0.29, 0.717) is 18.9 Å². The van der Waals surface area contributed by atoms with Gasteiger partial charge in [0.05, 0.1) is 0 Å². The molecule has 0 aromatic heterocycles. The van der Waals surface area contributed by atoms with Crippen molar-refractivity contribution in [2.45, 2.75) is 59.3 Å². The zero-order valence-electron chi connectivity index (χ0n) is 23.4. The van der Waals surface area contributed by atoms with Crippen LogP contribution in [0.15, 0.2) is 78.9 Å². The number of carbonyl (C=O) groups excluding carboxylic acids is 1. The van der Waals surface area contributed by atoms with Crippen molar-refractivity contribution < 1.29 is 9.53 Å². The van der Waals surface area contributed by atoms with Gasteiger partial charge >= 0.3 is 0 Å². The molecule has 0 radical (unpaired) electrons. The van der Waals surface area contributed by atoms with Gasteiger partial charge in [0.15, 0.2) is 5.78 Å². The van der Waals surface area contributed by atoms with Gasteiger partial charge in [-0.25, -0.2) is 0 Å². The van der Waals surface area contributed by atoms with Crippen LogP contribution in [0.2, 0.25) is 0 Å². The SMILES string of the molecule is CCN(CC)CCOc1ccc(C(CC(=O)c2ccccc2)(c2ccccc2)C(C)C)cc1C(C)C.Cl. The second-order valence-corrected chi connectivity index (χ2v) is 10.2. The number of likely N-dealkylation sites (N-methyl/N-ethyl adjacent to an activating group) is 1. The van der Waals surface area contributed by atoms with E-state index in [1.165, 1.54) is 16.7 Å². The van der Waals surface area contributed by atoms with E-state index in [-0.39, 0.29) is 24.1 Å². The highest BCUT2D eigenvalue weighted by Gasteiger charge is 2.40. The van der Waals surface area contributed by atoms with Crippen molar-refractivity contribution in [3.8, 4) is 5.75 Å². The van der Waals surface area contributed by atoms with Crippen molar-refractivity contribution in [1.29, 1.82) is 0 Å². The number of ether oxygens (including phenoxy) is 1.